The Balaban J connectivity index is 1.89. The van der Waals surface area contributed by atoms with E-state index in [1.165, 1.54) is 11.8 Å². The summed E-state index contributed by atoms with van der Waals surface area (Å²) in [5.41, 5.74) is 19.2. The molecule has 0 saturated carbocycles. The number of carbonyl (C=O) groups is 5. The van der Waals surface area contributed by atoms with Gasteiger partial charge in [-0.2, -0.15) is 11.8 Å². The number of nitrogens with one attached hydrogen (secondary N) is 5. The van der Waals surface area contributed by atoms with Gasteiger partial charge in [-0.1, -0.05) is 74.9 Å². The SMILES string of the molecule is CC[C@H](C)[C@H](NC(=O)[C@H](Cc1ccccc1)NC(=O)[C@H](CCSC)NC(=O)[C@H](Cc1c[nH]c2ccccc12)NC(=O)/C(C)=C\CCN=C(N)N)C(N)=O. The predicted molar refractivity (Wildman–Crippen MR) is 211 cm³/mol. The number of aliphatic imine (C=N–C) groups is 1. The Labute approximate surface area is 314 Å². The summed E-state index contributed by atoms with van der Waals surface area (Å²) in [4.78, 5) is 74.5. The minimum Gasteiger partial charge on any atom is -0.370 e. The van der Waals surface area contributed by atoms with Crippen molar-refractivity contribution in [2.75, 3.05) is 18.6 Å². The Kier molecular flexibility index (Phi) is 16.9. The van der Waals surface area contributed by atoms with Gasteiger partial charge in [-0.05, 0) is 54.9 Å². The molecule has 3 aromatic rings. The normalized spacial score (nSPS) is 14.2. The molecule has 0 spiro atoms. The van der Waals surface area contributed by atoms with Crippen molar-refractivity contribution in [1.29, 1.82) is 0 Å². The lowest BCUT2D eigenvalue weighted by atomic mass is 9.97. The first-order chi connectivity index (χ1) is 25.3. The van der Waals surface area contributed by atoms with Crippen LogP contribution in [0.3, 0.4) is 0 Å². The van der Waals surface area contributed by atoms with Crippen LogP contribution in [0.5, 0.6) is 0 Å². The van der Waals surface area contributed by atoms with Crippen molar-refractivity contribution in [3.8, 4) is 0 Å². The highest BCUT2D eigenvalue weighted by molar-refractivity contribution is 7.98. The van der Waals surface area contributed by atoms with Crippen LogP contribution in [0.25, 0.3) is 10.9 Å². The summed E-state index contributed by atoms with van der Waals surface area (Å²) < 4.78 is 0. The Bertz CT molecular complexity index is 1760. The number of carbonyl (C=O) groups excluding carboxylic acids is 5. The molecule has 0 aliphatic rings. The molecule has 0 fully saturated rings. The van der Waals surface area contributed by atoms with Crippen molar-refractivity contribution in [3.05, 3.63) is 83.6 Å². The molecule has 53 heavy (non-hydrogen) atoms. The summed E-state index contributed by atoms with van der Waals surface area (Å²) in [5, 5.41) is 12.2. The highest BCUT2D eigenvalue weighted by Crippen LogP contribution is 2.20. The standard InChI is InChI=1S/C38H53N9O5S/c1-5-23(2)32(33(39)48)47-37(52)30(20-25-13-7-6-8-14-25)46-35(50)29(17-19-53-4)44-36(51)31(21-26-22-43-28-16-10-9-15-27(26)28)45-34(49)24(3)12-11-18-42-38(40)41/h6-10,12-16,22-23,29-32,43H,5,11,17-21H2,1-4H3,(H2,39,48)(H,44,51)(H,45,49)(H,46,50)(H,47,52)(H4,40,41,42)/b24-12-/t23-,29-,30-,31-,32-/m0/s1. The number of aromatic amines is 1. The highest BCUT2D eigenvalue weighted by Gasteiger charge is 2.32. The Morgan fingerprint density at radius 2 is 1.47 bits per heavy atom. The molecule has 286 valence electrons. The number of primary amides is 1. The first kappa shape index (κ1) is 42.1. The second-order valence-electron chi connectivity index (χ2n) is 12.9. The summed E-state index contributed by atoms with van der Waals surface area (Å²) in [5.74, 6) is -2.66. The van der Waals surface area contributed by atoms with E-state index in [9.17, 15) is 24.0 Å². The molecular weight excluding hydrogens is 695 g/mol. The van der Waals surface area contributed by atoms with E-state index in [0.717, 1.165) is 22.0 Å². The predicted octanol–water partition coefficient (Wildman–Crippen LogP) is 1.79. The largest absolute Gasteiger partial charge is 0.370 e. The zero-order valence-corrected chi connectivity index (χ0v) is 31.6. The van der Waals surface area contributed by atoms with Crippen LogP contribution in [0.2, 0.25) is 0 Å². The smallest absolute Gasteiger partial charge is 0.247 e. The van der Waals surface area contributed by atoms with Crippen LogP contribution in [0.1, 0.15) is 51.2 Å². The lowest BCUT2D eigenvalue weighted by Gasteiger charge is -2.27. The van der Waals surface area contributed by atoms with E-state index in [2.05, 4.69) is 31.2 Å². The Morgan fingerprint density at radius 3 is 2.13 bits per heavy atom. The average Bonchev–Trinajstić information content (AvgIpc) is 3.55. The number of rotatable bonds is 21. The summed E-state index contributed by atoms with van der Waals surface area (Å²) in [6.45, 7) is 5.62. The molecule has 0 radical (unpaired) electrons. The molecule has 0 aliphatic carbocycles. The zero-order chi connectivity index (χ0) is 38.9. The van der Waals surface area contributed by atoms with Crippen LogP contribution in [0.15, 0.2) is 77.4 Å². The van der Waals surface area contributed by atoms with Crippen LogP contribution in [0, 0.1) is 5.92 Å². The molecule has 14 nitrogen and oxygen atoms in total. The van der Waals surface area contributed by atoms with Gasteiger partial charge in [0.05, 0.1) is 0 Å². The van der Waals surface area contributed by atoms with Crippen LogP contribution in [-0.2, 0) is 36.8 Å². The Morgan fingerprint density at radius 1 is 0.849 bits per heavy atom. The van der Waals surface area contributed by atoms with Crippen LogP contribution in [-0.4, -0.2) is 83.2 Å². The second-order valence-corrected chi connectivity index (χ2v) is 13.9. The summed E-state index contributed by atoms with van der Waals surface area (Å²) in [7, 11) is 0. The first-order valence-corrected chi connectivity index (χ1v) is 19.0. The molecule has 0 saturated heterocycles. The number of hydrogen-bond donors (Lipinski definition) is 8. The molecule has 1 aromatic heterocycles. The lowest BCUT2D eigenvalue weighted by molar-refractivity contribution is -0.134. The Hall–Kier alpha value is -5.31. The molecule has 0 aliphatic heterocycles. The molecule has 5 atom stereocenters. The summed E-state index contributed by atoms with van der Waals surface area (Å²) in [6, 6.07) is 12.6. The topological polar surface area (TPSA) is 240 Å². The van der Waals surface area contributed by atoms with Crippen molar-refractivity contribution in [3.63, 3.8) is 0 Å². The molecule has 0 unspecified atom stereocenters. The van der Waals surface area contributed by atoms with Gasteiger partial charge in [0.1, 0.15) is 24.2 Å². The van der Waals surface area contributed by atoms with Gasteiger partial charge >= 0.3 is 0 Å². The number of nitrogens with zero attached hydrogens (tertiary/aromatic N) is 1. The number of hydrogen-bond acceptors (Lipinski definition) is 7. The van der Waals surface area contributed by atoms with E-state index in [-0.39, 0.29) is 31.1 Å². The van der Waals surface area contributed by atoms with E-state index in [1.807, 2.05) is 74.7 Å². The van der Waals surface area contributed by atoms with Gasteiger partial charge in [0, 0.05) is 42.1 Å². The van der Waals surface area contributed by atoms with Gasteiger partial charge in [-0.3, -0.25) is 29.0 Å². The lowest BCUT2D eigenvalue weighted by Crippen LogP contribution is -2.59. The maximum Gasteiger partial charge on any atom is 0.247 e. The number of H-pyrrole nitrogens is 1. The fourth-order valence-corrected chi connectivity index (χ4v) is 6.13. The van der Waals surface area contributed by atoms with Gasteiger partial charge in [0.25, 0.3) is 0 Å². The zero-order valence-electron chi connectivity index (χ0n) is 30.8. The number of thioether (sulfide) groups is 1. The summed E-state index contributed by atoms with van der Waals surface area (Å²) >= 11 is 1.49. The number of para-hydroxylation sites is 1. The number of guanidine groups is 1. The molecular formula is C38H53N9O5S. The summed E-state index contributed by atoms with van der Waals surface area (Å²) in [6.07, 6.45) is 6.84. The number of benzene rings is 2. The molecule has 0 bridgehead atoms. The third kappa shape index (κ3) is 13.3. The van der Waals surface area contributed by atoms with Gasteiger partial charge in [0.2, 0.25) is 29.5 Å². The van der Waals surface area contributed by atoms with E-state index >= 15 is 0 Å². The third-order valence-corrected chi connectivity index (χ3v) is 9.57. The van der Waals surface area contributed by atoms with Crippen molar-refractivity contribution in [1.82, 2.24) is 26.3 Å². The average molecular weight is 748 g/mol. The maximum atomic E-state index is 14.1. The fourth-order valence-electron chi connectivity index (χ4n) is 5.66. The van der Waals surface area contributed by atoms with E-state index in [4.69, 9.17) is 17.2 Å². The molecule has 11 N–H and O–H groups in total. The number of aromatic nitrogens is 1. The molecule has 2 aromatic carbocycles. The van der Waals surface area contributed by atoms with Gasteiger partial charge in [0.15, 0.2) is 5.96 Å². The molecule has 3 rings (SSSR count). The number of nitrogens with two attached hydrogens (primary N) is 3. The number of fused-ring (bicyclic) bond motifs is 1. The van der Waals surface area contributed by atoms with Crippen molar-refractivity contribution in [2.24, 2.45) is 28.1 Å². The van der Waals surface area contributed by atoms with E-state index < -0.39 is 53.7 Å². The minimum atomic E-state index is -1.09. The van der Waals surface area contributed by atoms with Gasteiger partial charge < -0.3 is 43.5 Å². The monoisotopic (exact) mass is 747 g/mol. The maximum absolute atomic E-state index is 14.1. The van der Waals surface area contributed by atoms with Crippen molar-refractivity contribution in [2.45, 2.75) is 77.0 Å². The quantitative estimate of drug-likeness (QED) is 0.0345. The second kappa shape index (κ2) is 21.3. The van der Waals surface area contributed by atoms with Crippen LogP contribution < -0.4 is 38.5 Å². The van der Waals surface area contributed by atoms with Gasteiger partial charge in [-0.15, -0.1) is 0 Å². The first-order valence-electron chi connectivity index (χ1n) is 17.7. The number of amides is 5. The fraction of sp³-hybridized carbons (Fsp3) is 0.421. The molecule has 15 heteroatoms. The van der Waals surface area contributed by atoms with E-state index in [1.54, 1.807) is 19.2 Å². The minimum absolute atomic E-state index is 0.0519. The third-order valence-electron chi connectivity index (χ3n) is 8.93. The van der Waals surface area contributed by atoms with Gasteiger partial charge in [-0.25, -0.2) is 0 Å². The van der Waals surface area contributed by atoms with Crippen molar-refractivity contribution >= 4 is 58.2 Å². The van der Waals surface area contributed by atoms with E-state index in [0.29, 0.717) is 30.7 Å². The molecule has 5 amide bonds. The van der Waals surface area contributed by atoms with Crippen LogP contribution >= 0.6 is 11.8 Å². The highest BCUT2D eigenvalue weighted by atomic mass is 32.2. The van der Waals surface area contributed by atoms with Crippen molar-refractivity contribution < 1.29 is 24.0 Å². The van der Waals surface area contributed by atoms with Crippen LogP contribution in [0.4, 0.5) is 0 Å². The molecule has 1 heterocycles.